The Morgan fingerprint density at radius 2 is 1.95 bits per heavy atom. The second kappa shape index (κ2) is 5.66. The van der Waals surface area contributed by atoms with Gasteiger partial charge in [-0.3, -0.25) is 10.2 Å². The van der Waals surface area contributed by atoms with Gasteiger partial charge in [-0.25, -0.2) is 9.66 Å². The number of benzene rings is 2. The number of hydrogen-bond donors (Lipinski definition) is 1. The van der Waals surface area contributed by atoms with E-state index in [-0.39, 0.29) is 12.5 Å². The lowest BCUT2D eigenvalue weighted by Gasteiger charge is -2.08. The maximum atomic E-state index is 11.9. The van der Waals surface area contributed by atoms with Crippen LogP contribution in [0.15, 0.2) is 54.9 Å². The summed E-state index contributed by atoms with van der Waals surface area (Å²) >= 11 is 0. The fourth-order valence-electron chi connectivity index (χ4n) is 2.00. The molecule has 3 aromatic rings. The van der Waals surface area contributed by atoms with Gasteiger partial charge < -0.3 is 4.74 Å². The molecule has 3 rings (SSSR count). The molecule has 2 aromatic carbocycles. The third-order valence-electron chi connectivity index (χ3n) is 3.09. The minimum atomic E-state index is -0.237. The van der Waals surface area contributed by atoms with Crippen molar-refractivity contribution < 1.29 is 9.53 Å². The summed E-state index contributed by atoms with van der Waals surface area (Å²) in [5, 5.41) is 0. The Bertz CT molecular complexity index is 763. The van der Waals surface area contributed by atoms with E-state index in [1.54, 1.807) is 11.0 Å². The fourth-order valence-corrected chi connectivity index (χ4v) is 2.00. The fraction of sp³-hybridized carbons (Fsp3) is 0.125. The highest BCUT2D eigenvalue weighted by atomic mass is 16.5. The maximum Gasteiger partial charge on any atom is 0.276 e. The van der Waals surface area contributed by atoms with Crippen LogP contribution in [0.2, 0.25) is 0 Å². The molecule has 0 spiro atoms. The van der Waals surface area contributed by atoms with Crippen LogP contribution in [-0.4, -0.2) is 22.2 Å². The second-order valence-corrected chi connectivity index (χ2v) is 4.74. The maximum absolute atomic E-state index is 11.9. The molecular weight excluding hydrogens is 266 g/mol. The SMILES string of the molecule is Cc1ccc(OCC(=O)Nn2cnc3ccccc32)cc1. The van der Waals surface area contributed by atoms with Gasteiger partial charge >= 0.3 is 0 Å². The Hall–Kier alpha value is -2.82. The third-order valence-corrected chi connectivity index (χ3v) is 3.09. The second-order valence-electron chi connectivity index (χ2n) is 4.74. The molecule has 1 heterocycles. The third kappa shape index (κ3) is 3.02. The number of amides is 1. The molecule has 1 amide bonds. The van der Waals surface area contributed by atoms with Gasteiger partial charge in [-0.1, -0.05) is 29.8 Å². The molecule has 0 bridgehead atoms. The smallest absolute Gasteiger partial charge is 0.276 e. The van der Waals surface area contributed by atoms with Gasteiger partial charge in [0.2, 0.25) is 0 Å². The summed E-state index contributed by atoms with van der Waals surface area (Å²) in [5.74, 6) is 0.435. The number of carbonyl (C=O) groups excluding carboxylic acids is 1. The number of nitrogens with zero attached hydrogens (tertiary/aromatic N) is 2. The van der Waals surface area contributed by atoms with Crippen LogP contribution in [0.1, 0.15) is 5.56 Å². The number of fused-ring (bicyclic) bond motifs is 1. The molecule has 0 aliphatic carbocycles. The lowest BCUT2D eigenvalue weighted by Crippen LogP contribution is -2.27. The summed E-state index contributed by atoms with van der Waals surface area (Å²) in [4.78, 5) is 16.1. The first-order valence-corrected chi connectivity index (χ1v) is 6.64. The van der Waals surface area contributed by atoms with E-state index in [1.807, 2.05) is 55.5 Å². The Kier molecular flexibility index (Phi) is 3.55. The van der Waals surface area contributed by atoms with Gasteiger partial charge in [-0.05, 0) is 31.2 Å². The molecular formula is C16H15N3O2. The molecule has 0 radical (unpaired) electrons. The molecule has 0 saturated carbocycles. The molecule has 0 saturated heterocycles. The first-order chi connectivity index (χ1) is 10.2. The molecule has 0 fully saturated rings. The van der Waals surface area contributed by atoms with E-state index >= 15 is 0 Å². The molecule has 1 aromatic heterocycles. The number of aromatic nitrogens is 2. The molecule has 1 N–H and O–H groups in total. The predicted molar refractivity (Wildman–Crippen MR) is 80.8 cm³/mol. The van der Waals surface area contributed by atoms with E-state index in [9.17, 15) is 4.79 Å². The van der Waals surface area contributed by atoms with Crippen molar-refractivity contribution in [2.24, 2.45) is 0 Å². The number of imidazole rings is 1. The number of carbonyl (C=O) groups is 1. The van der Waals surface area contributed by atoms with Gasteiger partial charge in [-0.2, -0.15) is 0 Å². The van der Waals surface area contributed by atoms with Crippen molar-refractivity contribution in [3.05, 3.63) is 60.4 Å². The van der Waals surface area contributed by atoms with Crippen LogP contribution in [0.4, 0.5) is 0 Å². The highest BCUT2D eigenvalue weighted by Crippen LogP contribution is 2.12. The zero-order valence-corrected chi connectivity index (χ0v) is 11.6. The predicted octanol–water partition coefficient (Wildman–Crippen LogP) is 2.49. The van der Waals surface area contributed by atoms with Crippen molar-refractivity contribution in [2.75, 3.05) is 12.0 Å². The minimum absolute atomic E-state index is 0.0461. The van der Waals surface area contributed by atoms with Crippen LogP contribution in [0.5, 0.6) is 5.75 Å². The molecule has 5 nitrogen and oxygen atoms in total. The zero-order valence-electron chi connectivity index (χ0n) is 11.6. The monoisotopic (exact) mass is 281 g/mol. The summed E-state index contributed by atoms with van der Waals surface area (Å²) in [7, 11) is 0. The van der Waals surface area contributed by atoms with Gasteiger partial charge in [0.15, 0.2) is 6.61 Å². The summed E-state index contributed by atoms with van der Waals surface area (Å²) in [6.45, 7) is 1.95. The van der Waals surface area contributed by atoms with Crippen molar-refractivity contribution in [3.63, 3.8) is 0 Å². The summed E-state index contributed by atoms with van der Waals surface area (Å²) < 4.78 is 7.03. The van der Waals surface area contributed by atoms with Crippen molar-refractivity contribution in [1.29, 1.82) is 0 Å². The number of aryl methyl sites for hydroxylation is 1. The number of para-hydroxylation sites is 2. The van der Waals surface area contributed by atoms with E-state index in [4.69, 9.17) is 4.74 Å². The molecule has 5 heteroatoms. The quantitative estimate of drug-likeness (QED) is 0.799. The highest BCUT2D eigenvalue weighted by molar-refractivity contribution is 5.87. The molecule has 0 unspecified atom stereocenters. The summed E-state index contributed by atoms with van der Waals surface area (Å²) in [5.41, 5.74) is 5.57. The van der Waals surface area contributed by atoms with E-state index in [0.717, 1.165) is 16.6 Å². The van der Waals surface area contributed by atoms with Crippen molar-refractivity contribution in [2.45, 2.75) is 6.92 Å². The Morgan fingerprint density at radius 1 is 1.19 bits per heavy atom. The lowest BCUT2D eigenvalue weighted by atomic mass is 10.2. The molecule has 106 valence electrons. The van der Waals surface area contributed by atoms with Crippen LogP contribution in [0.3, 0.4) is 0 Å². The van der Waals surface area contributed by atoms with Crippen LogP contribution in [-0.2, 0) is 4.79 Å². The number of hydrogen-bond acceptors (Lipinski definition) is 3. The summed E-state index contributed by atoms with van der Waals surface area (Å²) in [6.07, 6.45) is 1.58. The number of rotatable bonds is 4. The topological polar surface area (TPSA) is 56.1 Å². The Balaban J connectivity index is 1.62. The lowest BCUT2D eigenvalue weighted by molar-refractivity contribution is -0.119. The minimum Gasteiger partial charge on any atom is -0.484 e. The van der Waals surface area contributed by atoms with Gasteiger partial charge in [-0.15, -0.1) is 0 Å². The van der Waals surface area contributed by atoms with E-state index in [2.05, 4.69) is 10.4 Å². The zero-order chi connectivity index (χ0) is 14.7. The molecule has 0 atom stereocenters. The van der Waals surface area contributed by atoms with Crippen LogP contribution in [0.25, 0.3) is 11.0 Å². The van der Waals surface area contributed by atoms with Gasteiger partial charge in [0.05, 0.1) is 11.0 Å². The normalized spacial score (nSPS) is 10.5. The number of nitrogens with one attached hydrogen (secondary N) is 1. The first kappa shape index (κ1) is 13.2. The Labute approximate surface area is 122 Å². The standard InChI is InChI=1S/C16H15N3O2/c1-12-6-8-13(9-7-12)21-10-16(20)18-19-11-17-14-4-2-3-5-15(14)19/h2-9,11H,10H2,1H3,(H,18,20). The van der Waals surface area contributed by atoms with Gasteiger partial charge in [0.25, 0.3) is 5.91 Å². The van der Waals surface area contributed by atoms with Crippen LogP contribution in [0, 0.1) is 6.92 Å². The first-order valence-electron chi connectivity index (χ1n) is 6.64. The number of ether oxygens (including phenoxy) is 1. The van der Waals surface area contributed by atoms with Crippen molar-refractivity contribution in [3.8, 4) is 5.75 Å². The van der Waals surface area contributed by atoms with Crippen molar-refractivity contribution in [1.82, 2.24) is 9.66 Å². The molecule has 0 aliphatic heterocycles. The van der Waals surface area contributed by atoms with E-state index in [1.165, 1.54) is 0 Å². The van der Waals surface area contributed by atoms with Crippen molar-refractivity contribution >= 4 is 16.9 Å². The van der Waals surface area contributed by atoms with Gasteiger partial charge in [0, 0.05) is 0 Å². The summed E-state index contributed by atoms with van der Waals surface area (Å²) in [6, 6.07) is 15.2. The van der Waals surface area contributed by atoms with E-state index in [0.29, 0.717) is 5.75 Å². The average Bonchev–Trinajstić information content (AvgIpc) is 2.90. The van der Waals surface area contributed by atoms with Crippen LogP contribution < -0.4 is 10.2 Å². The molecule has 21 heavy (non-hydrogen) atoms. The average molecular weight is 281 g/mol. The highest BCUT2D eigenvalue weighted by Gasteiger charge is 2.06. The Morgan fingerprint density at radius 3 is 2.76 bits per heavy atom. The van der Waals surface area contributed by atoms with Gasteiger partial charge in [0.1, 0.15) is 12.1 Å². The largest absolute Gasteiger partial charge is 0.484 e. The molecule has 0 aliphatic rings. The van der Waals surface area contributed by atoms with Crippen LogP contribution >= 0.6 is 0 Å². The van der Waals surface area contributed by atoms with E-state index < -0.39 is 0 Å².